The summed E-state index contributed by atoms with van der Waals surface area (Å²) in [5.41, 5.74) is 0. The fourth-order valence-electron chi connectivity index (χ4n) is 1.27. The number of halogens is 3. The summed E-state index contributed by atoms with van der Waals surface area (Å²) < 4.78 is 39.9. The number of nitrogens with one attached hydrogen (secondary N) is 1. The van der Waals surface area contributed by atoms with E-state index >= 15 is 0 Å². The predicted molar refractivity (Wildman–Crippen MR) is 61.2 cm³/mol. The third kappa shape index (κ3) is 4.47. The van der Waals surface area contributed by atoms with E-state index in [0.717, 1.165) is 31.2 Å². The fourth-order valence-corrected chi connectivity index (χ4v) is 1.88. The zero-order valence-corrected chi connectivity index (χ0v) is 10.5. The summed E-state index contributed by atoms with van der Waals surface area (Å²) in [6.07, 6.45) is -4.46. The van der Waals surface area contributed by atoms with E-state index in [9.17, 15) is 13.2 Å². The molecule has 0 amide bonds. The van der Waals surface area contributed by atoms with Crippen molar-refractivity contribution in [3.63, 3.8) is 0 Å². The molecular formula is C9H15F3N4S. The van der Waals surface area contributed by atoms with E-state index < -0.39 is 12.0 Å². The van der Waals surface area contributed by atoms with Gasteiger partial charge >= 0.3 is 6.18 Å². The lowest BCUT2D eigenvalue weighted by Crippen LogP contribution is -2.28. The lowest BCUT2D eigenvalue weighted by atomic mass is 10.5. The van der Waals surface area contributed by atoms with E-state index in [1.807, 2.05) is 13.8 Å². The molecule has 0 bridgehead atoms. The van der Waals surface area contributed by atoms with Crippen LogP contribution in [0.1, 0.15) is 19.7 Å². The zero-order valence-electron chi connectivity index (χ0n) is 9.71. The van der Waals surface area contributed by atoms with Gasteiger partial charge in [0.05, 0.1) is 0 Å². The molecule has 0 aliphatic rings. The van der Waals surface area contributed by atoms with Crippen LogP contribution in [0, 0.1) is 0 Å². The highest BCUT2D eigenvalue weighted by atomic mass is 32.1. The molecular weight excluding hydrogens is 253 g/mol. The van der Waals surface area contributed by atoms with E-state index in [2.05, 4.69) is 19.6 Å². The first-order chi connectivity index (χ1) is 7.97. The van der Waals surface area contributed by atoms with Crippen LogP contribution >= 0.6 is 11.5 Å². The third-order valence-corrected chi connectivity index (χ3v) is 2.95. The molecule has 8 heteroatoms. The van der Waals surface area contributed by atoms with Gasteiger partial charge < -0.3 is 10.2 Å². The molecule has 0 atom stereocenters. The second-order valence-electron chi connectivity index (χ2n) is 3.37. The van der Waals surface area contributed by atoms with Crippen molar-refractivity contribution in [2.24, 2.45) is 0 Å². The molecule has 1 aromatic rings. The van der Waals surface area contributed by atoms with Crippen LogP contribution in [0.3, 0.4) is 0 Å². The second-order valence-corrected chi connectivity index (χ2v) is 4.13. The van der Waals surface area contributed by atoms with Crippen LogP contribution in [0.4, 0.5) is 18.3 Å². The highest BCUT2D eigenvalue weighted by Gasteiger charge is 2.36. The van der Waals surface area contributed by atoms with Crippen LogP contribution in [0.2, 0.25) is 0 Å². The standard InChI is InChI=1S/C9H15F3N4S/c1-3-16(4-2)6-5-13-8-14-7(15-17-8)9(10,11)12/h3-6H2,1-2H3,(H,13,14,15). The Morgan fingerprint density at radius 2 is 1.94 bits per heavy atom. The quantitative estimate of drug-likeness (QED) is 0.859. The van der Waals surface area contributed by atoms with Crippen molar-refractivity contribution in [2.45, 2.75) is 20.0 Å². The summed E-state index contributed by atoms with van der Waals surface area (Å²) in [7, 11) is 0. The maximum absolute atomic E-state index is 12.2. The predicted octanol–water partition coefficient (Wildman–Crippen LogP) is 2.31. The van der Waals surface area contributed by atoms with Crippen molar-refractivity contribution >= 4 is 16.7 Å². The summed E-state index contributed by atoms with van der Waals surface area (Å²) in [4.78, 5) is 5.55. The molecule has 0 aliphatic heterocycles. The Labute approximate surface area is 102 Å². The second kappa shape index (κ2) is 6.15. The monoisotopic (exact) mass is 268 g/mol. The van der Waals surface area contributed by atoms with Crippen molar-refractivity contribution in [3.8, 4) is 0 Å². The Morgan fingerprint density at radius 1 is 1.29 bits per heavy atom. The van der Waals surface area contributed by atoms with Gasteiger partial charge in [-0.15, -0.1) is 0 Å². The van der Waals surface area contributed by atoms with Gasteiger partial charge in [0.25, 0.3) is 0 Å². The van der Waals surface area contributed by atoms with Gasteiger partial charge in [-0.2, -0.15) is 22.5 Å². The molecule has 98 valence electrons. The molecule has 0 radical (unpaired) electrons. The summed E-state index contributed by atoms with van der Waals surface area (Å²) in [5, 5.41) is 3.05. The summed E-state index contributed by atoms with van der Waals surface area (Å²) >= 11 is 0.733. The van der Waals surface area contributed by atoms with E-state index in [-0.39, 0.29) is 5.13 Å². The minimum Gasteiger partial charge on any atom is -0.359 e. The molecule has 1 rings (SSSR count). The Hall–Kier alpha value is -0.890. The molecule has 0 aliphatic carbocycles. The first-order valence-electron chi connectivity index (χ1n) is 5.34. The van der Waals surface area contributed by atoms with Gasteiger partial charge in [0, 0.05) is 24.6 Å². The fraction of sp³-hybridized carbons (Fsp3) is 0.778. The van der Waals surface area contributed by atoms with Gasteiger partial charge in [-0.25, -0.2) is 0 Å². The molecule has 1 aromatic heterocycles. The van der Waals surface area contributed by atoms with Gasteiger partial charge in [0.1, 0.15) is 0 Å². The Balaban J connectivity index is 2.40. The smallest absolute Gasteiger partial charge is 0.359 e. The number of nitrogens with zero attached hydrogens (tertiary/aromatic N) is 3. The SMILES string of the molecule is CCN(CC)CCNc1nc(C(F)(F)F)ns1. The van der Waals surface area contributed by atoms with E-state index in [0.29, 0.717) is 6.54 Å². The number of hydrogen-bond acceptors (Lipinski definition) is 5. The Kier molecular flexibility index (Phi) is 5.13. The van der Waals surface area contributed by atoms with Crippen molar-refractivity contribution < 1.29 is 13.2 Å². The molecule has 4 nitrogen and oxygen atoms in total. The van der Waals surface area contributed by atoms with Crippen LogP contribution in [0.15, 0.2) is 0 Å². The van der Waals surface area contributed by atoms with Crippen LogP contribution in [-0.2, 0) is 6.18 Å². The van der Waals surface area contributed by atoms with Crippen LogP contribution in [0.25, 0.3) is 0 Å². The minimum atomic E-state index is -4.46. The van der Waals surface area contributed by atoms with Gasteiger partial charge in [-0.05, 0) is 13.1 Å². The molecule has 0 spiro atoms. The normalized spacial score (nSPS) is 12.1. The molecule has 0 saturated heterocycles. The summed E-state index contributed by atoms with van der Waals surface area (Å²) in [5.74, 6) is -1.08. The van der Waals surface area contributed by atoms with Crippen molar-refractivity contribution in [1.29, 1.82) is 0 Å². The van der Waals surface area contributed by atoms with Crippen molar-refractivity contribution in [1.82, 2.24) is 14.3 Å². The van der Waals surface area contributed by atoms with Gasteiger partial charge in [0.15, 0.2) is 0 Å². The zero-order chi connectivity index (χ0) is 12.9. The number of hydrogen-bond donors (Lipinski definition) is 1. The summed E-state index contributed by atoms with van der Waals surface area (Å²) in [6, 6.07) is 0. The van der Waals surface area contributed by atoms with Gasteiger partial charge in [-0.3, -0.25) is 0 Å². The number of anilines is 1. The number of likely N-dealkylation sites (N-methyl/N-ethyl adjacent to an activating group) is 1. The molecule has 0 unspecified atom stereocenters. The highest BCUT2D eigenvalue weighted by Crippen LogP contribution is 2.28. The van der Waals surface area contributed by atoms with E-state index in [1.54, 1.807) is 0 Å². The van der Waals surface area contributed by atoms with Crippen molar-refractivity contribution in [2.75, 3.05) is 31.5 Å². The van der Waals surface area contributed by atoms with Crippen LogP contribution in [-0.4, -0.2) is 40.4 Å². The Bertz CT molecular complexity index is 335. The molecule has 1 heterocycles. The first kappa shape index (κ1) is 14.2. The maximum Gasteiger partial charge on any atom is 0.452 e. The number of alkyl halides is 3. The van der Waals surface area contributed by atoms with Crippen LogP contribution < -0.4 is 5.32 Å². The lowest BCUT2D eigenvalue weighted by Gasteiger charge is -2.17. The van der Waals surface area contributed by atoms with E-state index in [4.69, 9.17) is 0 Å². The topological polar surface area (TPSA) is 41.0 Å². The Morgan fingerprint density at radius 3 is 2.41 bits per heavy atom. The first-order valence-corrected chi connectivity index (χ1v) is 6.11. The molecule has 17 heavy (non-hydrogen) atoms. The summed E-state index contributed by atoms with van der Waals surface area (Å²) in [6.45, 7) is 7.25. The average molecular weight is 268 g/mol. The number of aromatic nitrogens is 2. The van der Waals surface area contributed by atoms with Gasteiger partial charge in [0.2, 0.25) is 11.0 Å². The molecule has 1 N–H and O–H groups in total. The molecule has 0 aromatic carbocycles. The molecule has 0 saturated carbocycles. The van der Waals surface area contributed by atoms with Crippen molar-refractivity contribution in [3.05, 3.63) is 5.82 Å². The maximum atomic E-state index is 12.2. The average Bonchev–Trinajstić information content (AvgIpc) is 2.73. The third-order valence-electron chi connectivity index (χ3n) is 2.28. The highest BCUT2D eigenvalue weighted by molar-refractivity contribution is 7.09. The van der Waals surface area contributed by atoms with E-state index in [1.165, 1.54) is 0 Å². The van der Waals surface area contributed by atoms with Crippen LogP contribution in [0.5, 0.6) is 0 Å². The number of rotatable bonds is 6. The lowest BCUT2D eigenvalue weighted by molar-refractivity contribution is -0.144. The molecule has 0 fully saturated rings. The minimum absolute atomic E-state index is 0.212. The largest absolute Gasteiger partial charge is 0.452 e. The van der Waals surface area contributed by atoms with Gasteiger partial charge in [-0.1, -0.05) is 13.8 Å².